The van der Waals surface area contributed by atoms with Gasteiger partial charge in [-0.25, -0.2) is 4.98 Å². The van der Waals surface area contributed by atoms with Crippen molar-refractivity contribution >= 4 is 34.9 Å². The molecule has 0 fully saturated rings. The normalized spacial score (nSPS) is 10.6. The highest BCUT2D eigenvalue weighted by molar-refractivity contribution is 6.32. The van der Waals surface area contributed by atoms with Crippen LogP contribution in [0.1, 0.15) is 16.1 Å². The molecule has 128 valence electrons. The van der Waals surface area contributed by atoms with Crippen LogP contribution in [-0.4, -0.2) is 15.5 Å². The van der Waals surface area contributed by atoms with Crippen LogP contribution in [0.25, 0.3) is 0 Å². The molecule has 1 aromatic heterocycles. The SMILES string of the molecule is NC(=O)c1ncn(Cc2ccc(Oc3ccc(Cl)cc3)c(Cl)c2)c1N. The van der Waals surface area contributed by atoms with Gasteiger partial charge >= 0.3 is 0 Å². The quantitative estimate of drug-likeness (QED) is 0.708. The van der Waals surface area contributed by atoms with Gasteiger partial charge in [0.1, 0.15) is 17.3 Å². The molecule has 0 saturated heterocycles. The van der Waals surface area contributed by atoms with Crippen molar-refractivity contribution in [1.82, 2.24) is 9.55 Å². The monoisotopic (exact) mass is 376 g/mol. The molecule has 3 rings (SSSR count). The lowest BCUT2D eigenvalue weighted by molar-refractivity contribution is 0.0997. The Balaban J connectivity index is 1.78. The van der Waals surface area contributed by atoms with Crippen LogP contribution in [0.15, 0.2) is 48.8 Å². The zero-order valence-electron chi connectivity index (χ0n) is 12.9. The maximum Gasteiger partial charge on any atom is 0.271 e. The number of aromatic nitrogens is 2. The average molecular weight is 377 g/mol. The van der Waals surface area contributed by atoms with E-state index in [0.717, 1.165) is 5.56 Å². The van der Waals surface area contributed by atoms with E-state index in [0.29, 0.717) is 28.1 Å². The molecule has 0 unspecified atom stereocenters. The van der Waals surface area contributed by atoms with Crippen molar-refractivity contribution in [2.75, 3.05) is 5.73 Å². The number of carbonyl (C=O) groups is 1. The zero-order chi connectivity index (χ0) is 18.0. The number of nitrogen functional groups attached to an aromatic ring is 1. The van der Waals surface area contributed by atoms with E-state index in [4.69, 9.17) is 39.4 Å². The first-order valence-electron chi connectivity index (χ1n) is 7.26. The smallest absolute Gasteiger partial charge is 0.271 e. The Hall–Kier alpha value is -2.70. The van der Waals surface area contributed by atoms with Crippen LogP contribution < -0.4 is 16.2 Å². The molecule has 1 heterocycles. The predicted octanol–water partition coefficient (Wildman–Crippen LogP) is 3.71. The summed E-state index contributed by atoms with van der Waals surface area (Å²) in [7, 11) is 0. The molecule has 0 aliphatic rings. The van der Waals surface area contributed by atoms with Crippen molar-refractivity contribution in [2.45, 2.75) is 6.54 Å². The predicted molar refractivity (Wildman–Crippen MR) is 97.2 cm³/mol. The molecule has 4 N–H and O–H groups in total. The van der Waals surface area contributed by atoms with Gasteiger partial charge in [0.2, 0.25) is 0 Å². The second-order valence-corrected chi connectivity index (χ2v) is 6.13. The highest BCUT2D eigenvalue weighted by atomic mass is 35.5. The molecule has 6 nitrogen and oxygen atoms in total. The van der Waals surface area contributed by atoms with Gasteiger partial charge in [0.25, 0.3) is 5.91 Å². The van der Waals surface area contributed by atoms with Gasteiger partial charge in [-0.05, 0) is 42.0 Å². The van der Waals surface area contributed by atoms with Gasteiger partial charge in [0.05, 0.1) is 17.9 Å². The molecule has 3 aromatic rings. The molecule has 0 radical (unpaired) electrons. The largest absolute Gasteiger partial charge is 0.456 e. The second kappa shape index (κ2) is 7.04. The minimum atomic E-state index is -0.666. The molecule has 0 atom stereocenters. The van der Waals surface area contributed by atoms with Crippen molar-refractivity contribution in [3.8, 4) is 11.5 Å². The first kappa shape index (κ1) is 17.1. The fourth-order valence-electron chi connectivity index (χ4n) is 2.26. The third kappa shape index (κ3) is 3.87. The number of benzene rings is 2. The third-order valence-corrected chi connectivity index (χ3v) is 4.05. The summed E-state index contributed by atoms with van der Waals surface area (Å²) < 4.78 is 7.35. The number of ether oxygens (including phenoxy) is 1. The second-order valence-electron chi connectivity index (χ2n) is 5.29. The van der Waals surface area contributed by atoms with Gasteiger partial charge in [-0.2, -0.15) is 0 Å². The van der Waals surface area contributed by atoms with Gasteiger partial charge in [0.15, 0.2) is 5.69 Å². The number of rotatable bonds is 5. The highest BCUT2D eigenvalue weighted by Crippen LogP contribution is 2.31. The first-order valence-corrected chi connectivity index (χ1v) is 8.02. The topological polar surface area (TPSA) is 96.2 Å². The molecule has 0 spiro atoms. The summed E-state index contributed by atoms with van der Waals surface area (Å²) in [6.07, 6.45) is 1.46. The number of nitrogens with zero attached hydrogens (tertiary/aromatic N) is 2. The number of nitrogens with two attached hydrogens (primary N) is 2. The minimum Gasteiger partial charge on any atom is -0.456 e. The van der Waals surface area contributed by atoms with E-state index in [2.05, 4.69) is 4.98 Å². The number of amides is 1. The number of anilines is 1. The maximum atomic E-state index is 11.2. The standard InChI is InChI=1S/C17H14Cl2N4O2/c18-11-2-4-12(5-3-11)25-14-6-1-10(7-13(14)19)8-23-9-22-15(16(23)20)17(21)24/h1-7,9H,8,20H2,(H2,21,24). The van der Waals surface area contributed by atoms with Crippen molar-refractivity contribution in [3.05, 3.63) is 70.1 Å². The number of carbonyl (C=O) groups excluding carboxylic acids is 1. The van der Waals surface area contributed by atoms with E-state index in [-0.39, 0.29) is 11.5 Å². The molecule has 0 aliphatic heterocycles. The molecular formula is C17H14Cl2N4O2. The Labute approximate surface area is 153 Å². The van der Waals surface area contributed by atoms with E-state index in [1.165, 1.54) is 6.33 Å². The van der Waals surface area contributed by atoms with E-state index in [1.807, 2.05) is 6.07 Å². The van der Waals surface area contributed by atoms with Crippen LogP contribution in [0.3, 0.4) is 0 Å². The average Bonchev–Trinajstić information content (AvgIpc) is 2.93. The van der Waals surface area contributed by atoms with Gasteiger partial charge < -0.3 is 20.8 Å². The molecule has 0 saturated carbocycles. The summed E-state index contributed by atoms with van der Waals surface area (Å²) in [4.78, 5) is 15.1. The fraction of sp³-hybridized carbons (Fsp3) is 0.0588. The lowest BCUT2D eigenvalue weighted by atomic mass is 10.2. The summed E-state index contributed by atoms with van der Waals surface area (Å²) in [5.74, 6) is 0.694. The molecule has 8 heteroatoms. The first-order chi connectivity index (χ1) is 11.9. The van der Waals surface area contributed by atoms with Crippen molar-refractivity contribution in [1.29, 1.82) is 0 Å². The molecule has 2 aromatic carbocycles. The van der Waals surface area contributed by atoms with E-state index >= 15 is 0 Å². The van der Waals surface area contributed by atoms with Crippen molar-refractivity contribution in [2.24, 2.45) is 5.73 Å². The number of halogens is 2. The zero-order valence-corrected chi connectivity index (χ0v) is 14.5. The van der Waals surface area contributed by atoms with Crippen LogP contribution in [0.5, 0.6) is 11.5 Å². The van der Waals surface area contributed by atoms with E-state index in [9.17, 15) is 4.79 Å². The summed E-state index contributed by atoms with van der Waals surface area (Å²) in [6.45, 7) is 0.396. The Morgan fingerprint density at radius 1 is 1.16 bits per heavy atom. The summed E-state index contributed by atoms with van der Waals surface area (Å²) in [6, 6.07) is 12.3. The van der Waals surface area contributed by atoms with Crippen LogP contribution in [0.2, 0.25) is 10.0 Å². The van der Waals surface area contributed by atoms with Crippen molar-refractivity contribution in [3.63, 3.8) is 0 Å². The van der Waals surface area contributed by atoms with Gasteiger partial charge in [-0.1, -0.05) is 29.3 Å². The van der Waals surface area contributed by atoms with Gasteiger partial charge in [-0.15, -0.1) is 0 Å². The lowest BCUT2D eigenvalue weighted by Gasteiger charge is -2.10. The molecule has 25 heavy (non-hydrogen) atoms. The molecular weight excluding hydrogens is 363 g/mol. The van der Waals surface area contributed by atoms with E-state index in [1.54, 1.807) is 41.0 Å². The van der Waals surface area contributed by atoms with Crippen LogP contribution in [0, 0.1) is 0 Å². The van der Waals surface area contributed by atoms with Gasteiger partial charge in [0, 0.05) is 5.02 Å². The highest BCUT2D eigenvalue weighted by Gasteiger charge is 2.13. The Morgan fingerprint density at radius 3 is 2.48 bits per heavy atom. The minimum absolute atomic E-state index is 0.0498. The van der Waals surface area contributed by atoms with Crippen molar-refractivity contribution < 1.29 is 9.53 Å². The number of imidazole rings is 1. The lowest BCUT2D eigenvalue weighted by Crippen LogP contribution is -2.14. The number of hydrogen-bond donors (Lipinski definition) is 2. The van der Waals surface area contributed by atoms with Crippen LogP contribution >= 0.6 is 23.2 Å². The summed E-state index contributed by atoms with van der Waals surface area (Å²) in [5.41, 5.74) is 12.0. The Morgan fingerprint density at radius 2 is 1.88 bits per heavy atom. The number of hydrogen-bond acceptors (Lipinski definition) is 4. The van der Waals surface area contributed by atoms with E-state index < -0.39 is 5.91 Å². The Kier molecular flexibility index (Phi) is 4.83. The number of primary amides is 1. The fourth-order valence-corrected chi connectivity index (χ4v) is 2.63. The summed E-state index contributed by atoms with van der Waals surface area (Å²) in [5, 5.41) is 1.07. The van der Waals surface area contributed by atoms with Gasteiger partial charge in [-0.3, -0.25) is 4.79 Å². The third-order valence-electron chi connectivity index (χ3n) is 3.50. The summed E-state index contributed by atoms with van der Waals surface area (Å²) >= 11 is 12.1. The Bertz CT molecular complexity index is 923. The van der Waals surface area contributed by atoms with Crippen LogP contribution in [0.4, 0.5) is 5.82 Å². The maximum absolute atomic E-state index is 11.2. The molecule has 0 bridgehead atoms. The van der Waals surface area contributed by atoms with Crippen LogP contribution in [-0.2, 0) is 6.54 Å². The molecule has 1 amide bonds. The molecule has 0 aliphatic carbocycles.